The van der Waals surface area contributed by atoms with Gasteiger partial charge in [0.05, 0.1) is 16.1 Å². The lowest BCUT2D eigenvalue weighted by Crippen LogP contribution is -2.09. The van der Waals surface area contributed by atoms with Crippen molar-refractivity contribution in [2.24, 2.45) is 0 Å². The molecule has 0 bridgehead atoms. The molecule has 1 aromatic carbocycles. The Balaban J connectivity index is 2.49. The third-order valence-corrected chi connectivity index (χ3v) is 4.62. The van der Waals surface area contributed by atoms with Crippen molar-refractivity contribution in [2.45, 2.75) is 26.2 Å². The number of rotatable bonds is 4. The van der Waals surface area contributed by atoms with Crippen LogP contribution < -0.4 is 0 Å². The van der Waals surface area contributed by atoms with E-state index in [0.717, 1.165) is 15.8 Å². The molecule has 0 fully saturated rings. The second-order valence-corrected chi connectivity index (χ2v) is 6.45. The minimum Gasteiger partial charge on any atom is -0.287 e. The van der Waals surface area contributed by atoms with Crippen LogP contribution in [0.15, 0.2) is 12.1 Å². The van der Waals surface area contributed by atoms with E-state index in [0.29, 0.717) is 5.01 Å². The molecule has 0 aliphatic heterocycles. The summed E-state index contributed by atoms with van der Waals surface area (Å²) in [7, 11) is 0. The monoisotopic (exact) mass is 311 g/mol. The van der Waals surface area contributed by atoms with E-state index in [-0.39, 0.29) is 16.7 Å². The Labute approximate surface area is 126 Å². The molecule has 1 unspecified atom stereocenters. The van der Waals surface area contributed by atoms with Gasteiger partial charge in [-0.3, -0.25) is 9.59 Å². The van der Waals surface area contributed by atoms with Crippen molar-refractivity contribution in [2.75, 3.05) is 0 Å². The Hall–Kier alpha value is -0.850. The Bertz CT molecular complexity index is 624. The number of thiol groups is 2. The molecule has 0 aliphatic carbocycles. The zero-order chi connectivity index (χ0) is 14.2. The van der Waals surface area contributed by atoms with Crippen LogP contribution in [0.25, 0.3) is 10.2 Å². The van der Waals surface area contributed by atoms with Crippen molar-refractivity contribution in [3.05, 3.63) is 28.3 Å². The van der Waals surface area contributed by atoms with Crippen LogP contribution in [-0.2, 0) is 9.59 Å². The summed E-state index contributed by atoms with van der Waals surface area (Å²) in [6.07, 6.45) is 0.0310. The predicted molar refractivity (Wildman–Crippen MR) is 84.4 cm³/mol. The van der Waals surface area contributed by atoms with Crippen molar-refractivity contribution in [1.29, 1.82) is 0 Å². The summed E-state index contributed by atoms with van der Waals surface area (Å²) < 4.78 is 1.02. The largest absolute Gasteiger partial charge is 0.287 e. The highest BCUT2D eigenvalue weighted by molar-refractivity contribution is 7.97. The molecule has 0 N–H and O–H groups in total. The summed E-state index contributed by atoms with van der Waals surface area (Å²) in [5.74, 6) is -0.605. The van der Waals surface area contributed by atoms with Gasteiger partial charge < -0.3 is 0 Å². The van der Waals surface area contributed by atoms with Crippen LogP contribution in [0.2, 0.25) is 0 Å². The number of carbonyl (C=O) groups excluding carboxylic acids is 2. The number of carbonyl (C=O) groups is 2. The molecule has 3 nitrogen and oxygen atoms in total. The van der Waals surface area contributed by atoms with Crippen molar-refractivity contribution in [1.82, 2.24) is 4.98 Å². The molecular weight excluding hydrogens is 298 g/mol. The van der Waals surface area contributed by atoms with Crippen LogP contribution >= 0.6 is 36.6 Å². The van der Waals surface area contributed by atoms with E-state index < -0.39 is 5.92 Å². The summed E-state index contributed by atoms with van der Waals surface area (Å²) >= 11 is 9.00. The first-order chi connectivity index (χ1) is 8.88. The summed E-state index contributed by atoms with van der Waals surface area (Å²) in [5.41, 5.74) is 3.19. The lowest BCUT2D eigenvalue weighted by molar-refractivity contribution is -0.116. The normalized spacial score (nSPS) is 12.6. The average molecular weight is 311 g/mol. The van der Waals surface area contributed by atoms with Gasteiger partial charge in [0.25, 0.3) is 0 Å². The lowest BCUT2D eigenvalue weighted by Gasteiger charge is -2.06. The van der Waals surface area contributed by atoms with E-state index in [2.05, 4.69) is 36.3 Å². The molecule has 0 spiro atoms. The van der Waals surface area contributed by atoms with Crippen LogP contribution in [0.1, 0.15) is 28.5 Å². The molecule has 100 valence electrons. The van der Waals surface area contributed by atoms with E-state index in [1.807, 2.05) is 19.9 Å². The first-order valence-electron chi connectivity index (χ1n) is 5.70. The van der Waals surface area contributed by atoms with Gasteiger partial charge >= 0.3 is 0 Å². The first kappa shape index (κ1) is 14.6. The van der Waals surface area contributed by atoms with E-state index >= 15 is 0 Å². The maximum absolute atomic E-state index is 11.5. The lowest BCUT2D eigenvalue weighted by atomic mass is 10.1. The summed E-state index contributed by atoms with van der Waals surface area (Å²) in [6, 6.07) is 4.04. The molecule has 19 heavy (non-hydrogen) atoms. The van der Waals surface area contributed by atoms with Gasteiger partial charge in [-0.15, -0.1) is 36.6 Å². The zero-order valence-electron chi connectivity index (χ0n) is 10.5. The maximum atomic E-state index is 11.5. The van der Waals surface area contributed by atoms with Gasteiger partial charge in [-0.25, -0.2) is 4.98 Å². The summed E-state index contributed by atoms with van der Waals surface area (Å²) in [5, 5.41) is -0.0590. The number of hydrogen-bond acceptors (Lipinski definition) is 4. The van der Waals surface area contributed by atoms with Gasteiger partial charge in [-0.2, -0.15) is 0 Å². The molecule has 6 heteroatoms. The highest BCUT2D eigenvalue weighted by Crippen LogP contribution is 2.32. The van der Waals surface area contributed by atoms with E-state index in [1.54, 1.807) is 0 Å². The molecule has 0 aliphatic rings. The summed E-state index contributed by atoms with van der Waals surface area (Å²) in [4.78, 5) is 27.1. The molecule has 0 saturated heterocycles. The third kappa shape index (κ3) is 3.19. The van der Waals surface area contributed by atoms with Gasteiger partial charge in [0.2, 0.25) is 0 Å². The average Bonchev–Trinajstić information content (AvgIpc) is 2.68. The Kier molecular flexibility index (Phi) is 4.32. The van der Waals surface area contributed by atoms with Gasteiger partial charge in [-0.05, 0) is 37.1 Å². The molecule has 0 amide bonds. The highest BCUT2D eigenvalue weighted by Gasteiger charge is 2.24. The minimum atomic E-state index is -0.605. The number of nitrogens with zero attached hydrogens (tertiary/aromatic N) is 1. The Morgan fingerprint density at radius 3 is 2.47 bits per heavy atom. The number of fused-ring (bicyclic) bond motifs is 1. The number of aromatic nitrogens is 1. The van der Waals surface area contributed by atoms with Crippen LogP contribution in [0.5, 0.6) is 0 Å². The topological polar surface area (TPSA) is 47.0 Å². The molecule has 1 atom stereocenters. The van der Waals surface area contributed by atoms with Gasteiger partial charge in [0.15, 0.2) is 10.2 Å². The fraction of sp³-hybridized carbons (Fsp3) is 0.308. The second kappa shape index (κ2) is 5.64. The maximum Gasteiger partial charge on any atom is 0.196 e. The van der Waals surface area contributed by atoms with Crippen molar-refractivity contribution in [3.63, 3.8) is 0 Å². The van der Waals surface area contributed by atoms with Crippen LogP contribution in [0.4, 0.5) is 0 Å². The molecule has 1 heterocycles. The molecule has 0 radical (unpaired) electrons. The Morgan fingerprint density at radius 2 is 1.89 bits per heavy atom. The third-order valence-electron chi connectivity index (χ3n) is 3.00. The highest BCUT2D eigenvalue weighted by atomic mass is 32.1. The number of benzene rings is 1. The SMILES string of the molecule is Cc1cc2nc(C(CC(=O)S)C(=O)S)sc2cc1C. The summed E-state index contributed by atoms with van der Waals surface area (Å²) in [6.45, 7) is 4.05. The Morgan fingerprint density at radius 1 is 1.26 bits per heavy atom. The van der Waals surface area contributed by atoms with Crippen LogP contribution in [0, 0.1) is 13.8 Å². The number of aryl methyl sites for hydroxylation is 2. The second-order valence-electron chi connectivity index (χ2n) is 4.44. The smallest absolute Gasteiger partial charge is 0.196 e. The van der Waals surface area contributed by atoms with Crippen LogP contribution in [-0.4, -0.2) is 15.2 Å². The van der Waals surface area contributed by atoms with Gasteiger partial charge in [0.1, 0.15) is 5.01 Å². The molecule has 2 rings (SSSR count). The van der Waals surface area contributed by atoms with Crippen molar-refractivity contribution in [3.8, 4) is 0 Å². The van der Waals surface area contributed by atoms with Crippen molar-refractivity contribution < 1.29 is 9.59 Å². The zero-order valence-corrected chi connectivity index (χ0v) is 13.1. The first-order valence-corrected chi connectivity index (χ1v) is 7.42. The van der Waals surface area contributed by atoms with Gasteiger partial charge in [0, 0.05) is 6.42 Å². The van der Waals surface area contributed by atoms with E-state index in [9.17, 15) is 9.59 Å². The fourth-order valence-electron chi connectivity index (χ4n) is 1.80. The van der Waals surface area contributed by atoms with Crippen LogP contribution in [0.3, 0.4) is 0 Å². The molecule has 1 aromatic heterocycles. The van der Waals surface area contributed by atoms with E-state index in [4.69, 9.17) is 0 Å². The quantitative estimate of drug-likeness (QED) is 0.852. The molecular formula is C13H13NO2S3. The van der Waals surface area contributed by atoms with E-state index in [1.165, 1.54) is 16.9 Å². The van der Waals surface area contributed by atoms with Crippen molar-refractivity contribution >= 4 is 57.0 Å². The standard InChI is InChI=1S/C13H13NO2S3/c1-6-3-9-10(4-7(6)2)19-12(14-9)8(13(16)18)5-11(15)17/h3-4,8H,5H2,1-2H3,(H,15,17)(H,16,18). The predicted octanol–water partition coefficient (Wildman–Crippen LogP) is 3.30. The fourth-order valence-corrected chi connectivity index (χ4v) is 3.43. The minimum absolute atomic E-state index is 0.0310. The number of hydrogen-bond donors (Lipinski definition) is 2. The number of thiazole rings is 1. The molecule has 2 aromatic rings. The molecule has 0 saturated carbocycles. The van der Waals surface area contributed by atoms with Gasteiger partial charge in [-0.1, -0.05) is 0 Å².